The molecular formula is C25H21ClF10N6O3S. The number of rotatable bonds is 10. The third-order valence-electron chi connectivity index (χ3n) is 6.04. The number of halogens is 11. The fourth-order valence-corrected chi connectivity index (χ4v) is 4.98. The molecule has 252 valence electrons. The second-order valence-corrected chi connectivity index (χ2v) is 11.6. The average Bonchev–Trinajstić information content (AvgIpc) is 3.33. The van der Waals surface area contributed by atoms with E-state index in [1.807, 2.05) is 0 Å². The first-order chi connectivity index (χ1) is 21.0. The molecule has 0 radical (unpaired) electrons. The van der Waals surface area contributed by atoms with Crippen LogP contribution in [0.1, 0.15) is 50.4 Å². The standard InChI is InChI=1S/C25H21ClF10N6O3S/c1-11(10-46(3)45)38-21(44)18-13(5-4-6-15(18)26)20(43)40-16-7-37-17(39-12(16)2)9-42-8-14(22(27,28)24(31,32)33)19(41-42)23(29,30)25(34,35)36/h4-8,11H,9-10H2,1-3H3,(H,38,44)(H,40,43). The summed E-state index contributed by atoms with van der Waals surface area (Å²) in [6.07, 6.45) is -11.1. The second kappa shape index (κ2) is 13.1. The summed E-state index contributed by atoms with van der Waals surface area (Å²) in [6.45, 7) is 1.80. The molecule has 0 aliphatic carbocycles. The van der Waals surface area contributed by atoms with E-state index in [1.165, 1.54) is 31.4 Å². The fourth-order valence-electron chi connectivity index (χ4n) is 3.93. The third kappa shape index (κ3) is 7.76. The van der Waals surface area contributed by atoms with Gasteiger partial charge in [-0.15, -0.1) is 0 Å². The van der Waals surface area contributed by atoms with Gasteiger partial charge in [0.05, 0.1) is 39.3 Å². The quantitative estimate of drug-likeness (QED) is 0.259. The number of aromatic nitrogens is 4. The van der Waals surface area contributed by atoms with Crippen molar-refractivity contribution in [3.05, 3.63) is 69.5 Å². The first-order valence-corrected chi connectivity index (χ1v) is 14.6. The van der Waals surface area contributed by atoms with Crippen LogP contribution < -0.4 is 10.6 Å². The van der Waals surface area contributed by atoms with Crippen molar-refractivity contribution >= 4 is 39.9 Å². The van der Waals surface area contributed by atoms with Crippen molar-refractivity contribution < 1.29 is 57.7 Å². The molecule has 0 aliphatic rings. The van der Waals surface area contributed by atoms with Crippen LogP contribution >= 0.6 is 11.6 Å². The second-order valence-electron chi connectivity index (χ2n) is 9.75. The van der Waals surface area contributed by atoms with Gasteiger partial charge in [0.1, 0.15) is 12.4 Å². The maximum absolute atomic E-state index is 14.0. The van der Waals surface area contributed by atoms with Gasteiger partial charge in [-0.1, -0.05) is 17.7 Å². The molecule has 2 aromatic heterocycles. The number of carbonyl (C=O) groups is 2. The van der Waals surface area contributed by atoms with E-state index >= 15 is 0 Å². The first-order valence-electron chi connectivity index (χ1n) is 12.5. The van der Waals surface area contributed by atoms with Crippen molar-refractivity contribution in [2.45, 2.75) is 50.6 Å². The molecule has 3 aromatic rings. The van der Waals surface area contributed by atoms with E-state index in [1.54, 1.807) is 6.92 Å². The molecule has 2 atom stereocenters. The maximum atomic E-state index is 14.0. The summed E-state index contributed by atoms with van der Waals surface area (Å²) in [4.78, 5) is 33.6. The van der Waals surface area contributed by atoms with E-state index in [0.29, 0.717) is 0 Å². The fraction of sp³-hybridized carbons (Fsp3) is 0.400. The smallest absolute Gasteiger partial charge is 0.349 e. The molecule has 2 heterocycles. The molecule has 0 bridgehead atoms. The van der Waals surface area contributed by atoms with Crippen LogP contribution in [0, 0.1) is 6.92 Å². The highest BCUT2D eigenvalue weighted by Gasteiger charge is 2.67. The van der Waals surface area contributed by atoms with Crippen molar-refractivity contribution in [3.8, 4) is 0 Å². The zero-order valence-corrected chi connectivity index (χ0v) is 25.0. The molecule has 2 amide bonds. The third-order valence-corrected chi connectivity index (χ3v) is 7.32. The number of hydrogen-bond acceptors (Lipinski definition) is 6. The Morgan fingerprint density at radius 3 is 2.15 bits per heavy atom. The maximum Gasteiger partial charge on any atom is 0.459 e. The molecule has 0 fully saturated rings. The van der Waals surface area contributed by atoms with Crippen LogP contribution in [0.3, 0.4) is 0 Å². The van der Waals surface area contributed by atoms with Crippen LogP contribution in [-0.2, 0) is 29.2 Å². The van der Waals surface area contributed by atoms with Gasteiger partial charge < -0.3 is 10.6 Å². The zero-order valence-electron chi connectivity index (χ0n) is 23.5. The number of amides is 2. The van der Waals surface area contributed by atoms with Gasteiger partial charge in [-0.2, -0.15) is 49.0 Å². The highest BCUT2D eigenvalue weighted by Crippen LogP contribution is 2.51. The summed E-state index contributed by atoms with van der Waals surface area (Å²) < 4.78 is 145. The molecular weight excluding hydrogens is 690 g/mol. The molecule has 21 heteroatoms. The summed E-state index contributed by atoms with van der Waals surface area (Å²) in [5.41, 5.74) is -6.24. The highest BCUT2D eigenvalue weighted by atomic mass is 35.5. The van der Waals surface area contributed by atoms with Gasteiger partial charge in [-0.25, -0.2) is 9.97 Å². The van der Waals surface area contributed by atoms with Gasteiger partial charge in [-0.3, -0.25) is 18.5 Å². The van der Waals surface area contributed by atoms with Gasteiger partial charge in [0.15, 0.2) is 5.69 Å². The van der Waals surface area contributed by atoms with Crippen LogP contribution in [0.4, 0.5) is 49.6 Å². The van der Waals surface area contributed by atoms with E-state index in [-0.39, 0.29) is 44.2 Å². The normalized spacial score (nSPS) is 14.1. The highest BCUT2D eigenvalue weighted by molar-refractivity contribution is 7.84. The molecule has 0 aliphatic heterocycles. The molecule has 2 N–H and O–H groups in total. The van der Waals surface area contributed by atoms with E-state index < -0.39 is 76.5 Å². The number of anilines is 1. The van der Waals surface area contributed by atoms with Gasteiger partial charge in [-0.05, 0) is 26.0 Å². The number of nitrogens with one attached hydrogen (secondary N) is 2. The van der Waals surface area contributed by atoms with Crippen LogP contribution in [-0.4, -0.2) is 66.2 Å². The van der Waals surface area contributed by atoms with Crippen molar-refractivity contribution in [2.75, 3.05) is 17.3 Å². The monoisotopic (exact) mass is 710 g/mol. The predicted molar refractivity (Wildman–Crippen MR) is 143 cm³/mol. The number of nitrogens with zero attached hydrogens (tertiary/aromatic N) is 4. The largest absolute Gasteiger partial charge is 0.459 e. The molecule has 1 aromatic carbocycles. The van der Waals surface area contributed by atoms with Crippen molar-refractivity contribution in [2.24, 2.45) is 0 Å². The minimum Gasteiger partial charge on any atom is -0.349 e. The summed E-state index contributed by atoms with van der Waals surface area (Å²) in [7, 11) is -1.25. The zero-order chi connectivity index (χ0) is 35.0. The van der Waals surface area contributed by atoms with E-state index in [0.717, 1.165) is 6.20 Å². The summed E-state index contributed by atoms with van der Waals surface area (Å²) in [5.74, 6) is -14.4. The summed E-state index contributed by atoms with van der Waals surface area (Å²) in [6, 6.07) is 3.39. The molecule has 0 saturated carbocycles. The number of hydrogen-bond donors (Lipinski definition) is 2. The number of alkyl halides is 10. The molecule has 46 heavy (non-hydrogen) atoms. The molecule has 0 spiro atoms. The minimum absolute atomic E-state index is 0.0387. The van der Waals surface area contributed by atoms with Crippen LogP contribution in [0.5, 0.6) is 0 Å². The Balaban J connectivity index is 1.91. The topological polar surface area (TPSA) is 119 Å². The Morgan fingerprint density at radius 1 is 1.00 bits per heavy atom. The Hall–Kier alpha value is -3.81. The molecule has 9 nitrogen and oxygen atoms in total. The van der Waals surface area contributed by atoms with Crippen molar-refractivity contribution in [1.82, 2.24) is 25.1 Å². The molecule has 3 rings (SSSR count). The lowest BCUT2D eigenvalue weighted by Crippen LogP contribution is -2.40. The number of carbonyl (C=O) groups excluding carboxylic acids is 2. The Labute approximate surface area is 260 Å². The average molecular weight is 711 g/mol. The van der Waals surface area contributed by atoms with Crippen LogP contribution in [0.2, 0.25) is 5.02 Å². The molecule has 2 unspecified atom stereocenters. The summed E-state index contributed by atoms with van der Waals surface area (Å²) in [5, 5.41) is 7.53. The first kappa shape index (κ1) is 36.7. The van der Waals surface area contributed by atoms with Gasteiger partial charge >= 0.3 is 24.2 Å². The van der Waals surface area contributed by atoms with Crippen molar-refractivity contribution in [3.63, 3.8) is 0 Å². The van der Waals surface area contributed by atoms with Gasteiger partial charge in [0, 0.05) is 35.0 Å². The number of benzene rings is 1. The van der Waals surface area contributed by atoms with E-state index in [4.69, 9.17) is 11.6 Å². The Morgan fingerprint density at radius 2 is 1.61 bits per heavy atom. The Bertz CT molecular complexity index is 1620. The Kier molecular flexibility index (Phi) is 10.5. The summed E-state index contributed by atoms with van der Waals surface area (Å²) >= 11 is 6.16. The van der Waals surface area contributed by atoms with Crippen molar-refractivity contribution in [1.29, 1.82) is 0 Å². The SMILES string of the molecule is Cc1nc(Cn2cc(C(F)(F)C(F)(F)F)c(C(F)(F)C(F)(F)F)n2)ncc1NC(=O)c1cccc(Cl)c1C(=O)NC(C)CS(C)=O. The van der Waals surface area contributed by atoms with E-state index in [2.05, 4.69) is 25.7 Å². The lowest BCUT2D eigenvalue weighted by atomic mass is 10.0. The lowest BCUT2D eigenvalue weighted by Gasteiger charge is -2.23. The van der Waals surface area contributed by atoms with Crippen LogP contribution in [0.25, 0.3) is 0 Å². The number of aryl methyl sites for hydroxylation is 1. The lowest BCUT2D eigenvalue weighted by molar-refractivity contribution is -0.302. The predicted octanol–water partition coefficient (Wildman–Crippen LogP) is 5.74. The van der Waals surface area contributed by atoms with E-state index in [9.17, 15) is 57.7 Å². The van der Waals surface area contributed by atoms with Crippen LogP contribution in [0.15, 0.2) is 30.6 Å². The van der Waals surface area contributed by atoms with Gasteiger partial charge in [0.25, 0.3) is 11.8 Å². The minimum atomic E-state index is -6.56. The van der Waals surface area contributed by atoms with Gasteiger partial charge in [0.2, 0.25) is 0 Å². The molecule has 0 saturated heterocycles.